The number of nitrogens with zero attached hydrogens (tertiary/aromatic N) is 3. The predicted octanol–water partition coefficient (Wildman–Crippen LogP) is 2.26. The van der Waals surface area contributed by atoms with Crippen LogP contribution in [0.2, 0.25) is 0 Å². The van der Waals surface area contributed by atoms with Gasteiger partial charge in [0, 0.05) is 30.8 Å². The zero-order valence-corrected chi connectivity index (χ0v) is 12.1. The third kappa shape index (κ3) is 3.07. The Balaban J connectivity index is 2.28. The number of nitrogens with two attached hydrogens (primary N) is 1. The molecule has 1 aliphatic rings. The molecule has 1 saturated heterocycles. The summed E-state index contributed by atoms with van der Waals surface area (Å²) in [5, 5.41) is 0. The number of aryl methyl sites for hydroxylation is 1. The molecule has 1 aromatic heterocycles. The van der Waals surface area contributed by atoms with Crippen LogP contribution in [-0.2, 0) is 6.42 Å². The maximum atomic E-state index is 6.01. The van der Waals surface area contributed by atoms with Crippen molar-refractivity contribution in [2.24, 2.45) is 0 Å². The monoisotopic (exact) mass is 266 g/mol. The molecule has 0 spiro atoms. The van der Waals surface area contributed by atoms with Gasteiger partial charge in [0.2, 0.25) is 0 Å². The van der Waals surface area contributed by atoms with E-state index in [2.05, 4.69) is 16.8 Å². The van der Waals surface area contributed by atoms with Gasteiger partial charge in [-0.15, -0.1) is 0 Å². The molecular formula is C13H22N4S. The SMILES string of the molecule is CCCc1nc(N)c(C)c(N2CCCSCC2)n1. The van der Waals surface area contributed by atoms with Gasteiger partial charge in [-0.25, -0.2) is 9.97 Å². The quantitative estimate of drug-likeness (QED) is 0.909. The molecule has 2 rings (SSSR count). The molecule has 0 saturated carbocycles. The van der Waals surface area contributed by atoms with E-state index in [1.807, 2.05) is 18.7 Å². The lowest BCUT2D eigenvalue weighted by Gasteiger charge is -2.24. The maximum absolute atomic E-state index is 6.01. The van der Waals surface area contributed by atoms with Crippen molar-refractivity contribution in [2.75, 3.05) is 35.2 Å². The van der Waals surface area contributed by atoms with E-state index in [1.54, 1.807) is 0 Å². The first-order valence-corrected chi connectivity index (χ1v) is 7.83. The van der Waals surface area contributed by atoms with Crippen LogP contribution in [0.15, 0.2) is 0 Å². The highest BCUT2D eigenvalue weighted by molar-refractivity contribution is 7.99. The van der Waals surface area contributed by atoms with E-state index in [4.69, 9.17) is 10.7 Å². The second kappa shape index (κ2) is 6.27. The zero-order valence-electron chi connectivity index (χ0n) is 11.3. The van der Waals surface area contributed by atoms with Crippen molar-refractivity contribution < 1.29 is 0 Å². The molecule has 1 fully saturated rings. The van der Waals surface area contributed by atoms with Crippen molar-refractivity contribution in [1.29, 1.82) is 0 Å². The zero-order chi connectivity index (χ0) is 13.0. The summed E-state index contributed by atoms with van der Waals surface area (Å²) in [4.78, 5) is 11.5. The Hall–Kier alpha value is -0.970. The number of anilines is 2. The number of thioether (sulfide) groups is 1. The fourth-order valence-electron chi connectivity index (χ4n) is 2.17. The normalized spacial score (nSPS) is 16.7. The molecule has 0 unspecified atom stereocenters. The maximum Gasteiger partial charge on any atom is 0.137 e. The Morgan fingerprint density at radius 2 is 2.11 bits per heavy atom. The number of hydrogen-bond donors (Lipinski definition) is 1. The van der Waals surface area contributed by atoms with Gasteiger partial charge < -0.3 is 10.6 Å². The van der Waals surface area contributed by atoms with Crippen molar-refractivity contribution in [3.05, 3.63) is 11.4 Å². The first-order valence-electron chi connectivity index (χ1n) is 6.68. The number of nitrogen functional groups attached to an aromatic ring is 1. The van der Waals surface area contributed by atoms with E-state index in [1.165, 1.54) is 17.9 Å². The van der Waals surface area contributed by atoms with Gasteiger partial charge in [-0.2, -0.15) is 11.8 Å². The Bertz CT molecular complexity index is 400. The fraction of sp³-hybridized carbons (Fsp3) is 0.692. The smallest absolute Gasteiger partial charge is 0.137 e. The van der Waals surface area contributed by atoms with Crippen molar-refractivity contribution in [3.63, 3.8) is 0 Å². The van der Waals surface area contributed by atoms with Crippen LogP contribution >= 0.6 is 11.8 Å². The Morgan fingerprint density at radius 3 is 2.89 bits per heavy atom. The van der Waals surface area contributed by atoms with E-state index in [9.17, 15) is 0 Å². The standard InChI is InChI=1S/C13H22N4S/c1-3-5-11-15-12(14)10(2)13(16-11)17-6-4-8-18-9-7-17/h3-9H2,1-2H3,(H2,14,15,16). The highest BCUT2D eigenvalue weighted by Crippen LogP contribution is 2.24. The molecule has 0 atom stereocenters. The van der Waals surface area contributed by atoms with Crippen LogP contribution in [0.1, 0.15) is 31.2 Å². The number of hydrogen-bond acceptors (Lipinski definition) is 5. The van der Waals surface area contributed by atoms with Crippen molar-refractivity contribution in [3.8, 4) is 0 Å². The number of aromatic nitrogens is 2. The van der Waals surface area contributed by atoms with Gasteiger partial charge in [0.05, 0.1) is 0 Å². The highest BCUT2D eigenvalue weighted by atomic mass is 32.2. The predicted molar refractivity (Wildman–Crippen MR) is 79.3 cm³/mol. The Kier molecular flexibility index (Phi) is 4.69. The molecule has 0 aliphatic carbocycles. The molecule has 0 bridgehead atoms. The lowest BCUT2D eigenvalue weighted by molar-refractivity contribution is 0.771. The molecule has 18 heavy (non-hydrogen) atoms. The summed E-state index contributed by atoms with van der Waals surface area (Å²) in [6, 6.07) is 0. The molecule has 4 nitrogen and oxygen atoms in total. The summed E-state index contributed by atoms with van der Waals surface area (Å²) in [7, 11) is 0. The van der Waals surface area contributed by atoms with E-state index >= 15 is 0 Å². The lowest BCUT2D eigenvalue weighted by Crippen LogP contribution is -2.28. The molecule has 100 valence electrons. The first kappa shape index (κ1) is 13.5. The van der Waals surface area contributed by atoms with Crippen LogP contribution in [0.3, 0.4) is 0 Å². The van der Waals surface area contributed by atoms with Gasteiger partial charge in [0.25, 0.3) is 0 Å². The van der Waals surface area contributed by atoms with Gasteiger partial charge >= 0.3 is 0 Å². The minimum absolute atomic E-state index is 0.639. The summed E-state index contributed by atoms with van der Waals surface area (Å²) in [6.07, 6.45) is 3.18. The molecule has 2 N–H and O–H groups in total. The first-order chi connectivity index (χ1) is 8.72. The molecule has 0 aromatic carbocycles. The molecule has 2 heterocycles. The van der Waals surface area contributed by atoms with E-state index in [0.29, 0.717) is 5.82 Å². The summed E-state index contributed by atoms with van der Waals surface area (Å²) in [5.74, 6) is 4.99. The second-order valence-corrected chi connectivity index (χ2v) is 5.90. The lowest BCUT2D eigenvalue weighted by atomic mass is 10.2. The average Bonchev–Trinajstić information content (AvgIpc) is 2.62. The van der Waals surface area contributed by atoms with Crippen LogP contribution in [0.25, 0.3) is 0 Å². The van der Waals surface area contributed by atoms with Gasteiger partial charge in [0.15, 0.2) is 0 Å². The van der Waals surface area contributed by atoms with E-state index in [0.717, 1.165) is 43.1 Å². The van der Waals surface area contributed by atoms with E-state index < -0.39 is 0 Å². The van der Waals surface area contributed by atoms with Crippen LogP contribution in [0.4, 0.5) is 11.6 Å². The molecule has 1 aromatic rings. The van der Waals surface area contributed by atoms with Crippen molar-refractivity contribution in [2.45, 2.75) is 33.1 Å². The molecule has 5 heteroatoms. The molecular weight excluding hydrogens is 244 g/mol. The summed E-state index contributed by atoms with van der Waals surface area (Å²) >= 11 is 2.02. The van der Waals surface area contributed by atoms with Crippen LogP contribution in [0, 0.1) is 6.92 Å². The number of rotatable bonds is 3. The summed E-state index contributed by atoms with van der Waals surface area (Å²) in [5.41, 5.74) is 7.04. The van der Waals surface area contributed by atoms with Crippen molar-refractivity contribution >= 4 is 23.4 Å². The molecule has 0 amide bonds. The van der Waals surface area contributed by atoms with Gasteiger partial charge in [0.1, 0.15) is 17.5 Å². The topological polar surface area (TPSA) is 55.0 Å². The van der Waals surface area contributed by atoms with Gasteiger partial charge in [-0.3, -0.25) is 0 Å². The summed E-state index contributed by atoms with van der Waals surface area (Å²) < 4.78 is 0. The fourth-order valence-corrected chi connectivity index (χ4v) is 3.06. The third-order valence-corrected chi connectivity index (χ3v) is 4.25. The minimum Gasteiger partial charge on any atom is -0.383 e. The molecule has 1 aliphatic heterocycles. The minimum atomic E-state index is 0.639. The highest BCUT2D eigenvalue weighted by Gasteiger charge is 2.16. The third-order valence-electron chi connectivity index (χ3n) is 3.20. The van der Waals surface area contributed by atoms with Gasteiger partial charge in [-0.1, -0.05) is 6.92 Å². The van der Waals surface area contributed by atoms with Crippen LogP contribution in [-0.4, -0.2) is 34.6 Å². The largest absolute Gasteiger partial charge is 0.383 e. The second-order valence-electron chi connectivity index (χ2n) is 4.68. The van der Waals surface area contributed by atoms with Crippen LogP contribution < -0.4 is 10.6 Å². The van der Waals surface area contributed by atoms with Gasteiger partial charge in [-0.05, 0) is 25.5 Å². The molecule has 0 radical (unpaired) electrons. The van der Waals surface area contributed by atoms with E-state index in [-0.39, 0.29) is 0 Å². The Labute approximate surface area is 113 Å². The Morgan fingerprint density at radius 1 is 1.28 bits per heavy atom. The van der Waals surface area contributed by atoms with Crippen LogP contribution in [0.5, 0.6) is 0 Å². The van der Waals surface area contributed by atoms with Crippen molar-refractivity contribution in [1.82, 2.24) is 9.97 Å². The summed E-state index contributed by atoms with van der Waals surface area (Å²) in [6.45, 7) is 6.31. The average molecular weight is 266 g/mol.